The van der Waals surface area contributed by atoms with Crippen LogP contribution in [0, 0.1) is 5.92 Å². The Morgan fingerprint density at radius 1 is 1.03 bits per heavy atom. The van der Waals surface area contributed by atoms with Crippen molar-refractivity contribution >= 4 is 52.2 Å². The van der Waals surface area contributed by atoms with Crippen molar-refractivity contribution in [3.05, 3.63) is 57.0 Å². The topological polar surface area (TPSA) is 53.2 Å². The Morgan fingerprint density at radius 2 is 1.70 bits per heavy atom. The highest BCUT2D eigenvalue weighted by Crippen LogP contribution is 2.33. The van der Waals surface area contributed by atoms with Crippen LogP contribution in [0.3, 0.4) is 0 Å². The highest BCUT2D eigenvalue weighted by atomic mass is 35.5. The number of nitrogens with one attached hydrogen (secondary N) is 3. The van der Waals surface area contributed by atoms with Gasteiger partial charge < -0.3 is 16.0 Å². The normalized spacial score (nSPS) is 15.6. The van der Waals surface area contributed by atoms with Crippen LogP contribution in [0.2, 0.25) is 15.1 Å². The van der Waals surface area contributed by atoms with Gasteiger partial charge >= 0.3 is 6.03 Å². The second-order valence-electron chi connectivity index (χ2n) is 8.01. The molecule has 3 N–H and O–H groups in total. The monoisotopic (exact) mass is 467 g/mol. The minimum atomic E-state index is -0.368. The van der Waals surface area contributed by atoms with Crippen LogP contribution in [0.15, 0.2) is 36.4 Å². The highest BCUT2D eigenvalue weighted by Gasteiger charge is 2.17. The van der Waals surface area contributed by atoms with E-state index in [4.69, 9.17) is 34.8 Å². The van der Waals surface area contributed by atoms with E-state index < -0.39 is 0 Å². The van der Waals surface area contributed by atoms with Crippen LogP contribution in [0.25, 0.3) is 0 Å². The number of amides is 2. The van der Waals surface area contributed by atoms with E-state index in [1.807, 2.05) is 24.3 Å². The number of halogens is 3. The molecular formula is C23H28Cl3N3O. The van der Waals surface area contributed by atoms with Gasteiger partial charge in [-0.2, -0.15) is 0 Å². The minimum absolute atomic E-state index is 0.267. The summed E-state index contributed by atoms with van der Waals surface area (Å²) in [6.07, 6.45) is 8.01. The lowest BCUT2D eigenvalue weighted by atomic mass is 9.85. The molecule has 162 valence electrons. The molecule has 0 spiro atoms. The first-order valence-corrected chi connectivity index (χ1v) is 11.6. The van der Waals surface area contributed by atoms with E-state index in [0.29, 0.717) is 18.3 Å². The first-order valence-electron chi connectivity index (χ1n) is 10.5. The maximum atomic E-state index is 12.5. The summed E-state index contributed by atoms with van der Waals surface area (Å²) >= 11 is 18.0. The highest BCUT2D eigenvalue weighted by molar-refractivity contribution is 6.48. The molecule has 0 saturated heterocycles. The Bertz CT molecular complexity index is 846. The molecule has 1 saturated carbocycles. The molecule has 1 aliphatic carbocycles. The first-order chi connectivity index (χ1) is 14.4. The Hall–Kier alpha value is -1.46. The molecule has 0 heterocycles. The van der Waals surface area contributed by atoms with E-state index in [-0.39, 0.29) is 21.1 Å². The molecular weight excluding hydrogens is 441 g/mol. The van der Waals surface area contributed by atoms with Gasteiger partial charge in [-0.25, -0.2) is 4.79 Å². The zero-order chi connectivity index (χ0) is 21.5. The molecule has 3 rings (SSSR count). The molecule has 0 aromatic heterocycles. The Kier molecular flexibility index (Phi) is 8.70. The van der Waals surface area contributed by atoms with E-state index in [1.165, 1.54) is 38.5 Å². The van der Waals surface area contributed by atoms with Crippen LogP contribution in [-0.4, -0.2) is 12.1 Å². The fourth-order valence-corrected chi connectivity index (χ4v) is 4.60. The van der Waals surface area contributed by atoms with Gasteiger partial charge in [-0.15, -0.1) is 0 Å². The third kappa shape index (κ3) is 6.78. The zero-order valence-electron chi connectivity index (χ0n) is 17.1. The van der Waals surface area contributed by atoms with Crippen molar-refractivity contribution < 1.29 is 4.79 Å². The lowest BCUT2D eigenvalue weighted by molar-refractivity contribution is 0.262. The Balaban J connectivity index is 1.56. The van der Waals surface area contributed by atoms with Gasteiger partial charge in [0.15, 0.2) is 0 Å². The van der Waals surface area contributed by atoms with Gasteiger partial charge in [0.1, 0.15) is 0 Å². The van der Waals surface area contributed by atoms with Gasteiger partial charge in [0.05, 0.1) is 15.1 Å². The third-order valence-corrected chi connectivity index (χ3v) is 6.76. The number of benzene rings is 2. The van der Waals surface area contributed by atoms with E-state index >= 15 is 0 Å². The zero-order valence-corrected chi connectivity index (χ0v) is 19.4. The van der Waals surface area contributed by atoms with Crippen LogP contribution in [0.1, 0.15) is 51.0 Å². The van der Waals surface area contributed by atoms with Gasteiger partial charge in [0.25, 0.3) is 0 Å². The van der Waals surface area contributed by atoms with Crippen molar-refractivity contribution in [2.24, 2.45) is 5.92 Å². The first kappa shape index (κ1) is 23.2. The van der Waals surface area contributed by atoms with Crippen molar-refractivity contribution in [2.45, 2.75) is 58.0 Å². The molecule has 2 aromatic rings. The molecule has 0 radical (unpaired) electrons. The van der Waals surface area contributed by atoms with Crippen molar-refractivity contribution in [1.82, 2.24) is 5.32 Å². The maximum absolute atomic E-state index is 12.5. The standard InChI is InChI=1S/C23H28Cl3N3O/c1-15(11-16-7-3-2-4-8-16)27-14-17-9-5-6-10-21(17)29-23(30)28-18-12-19(24)22(26)20(25)13-18/h5-6,9-10,12-13,15-16,27H,2-4,7-8,11,14H2,1H3,(H2,28,29,30). The summed E-state index contributed by atoms with van der Waals surface area (Å²) in [5.74, 6) is 0.832. The van der Waals surface area contributed by atoms with Crippen LogP contribution in [-0.2, 0) is 6.54 Å². The third-order valence-electron chi connectivity index (χ3n) is 5.56. The van der Waals surface area contributed by atoms with E-state index in [1.54, 1.807) is 12.1 Å². The molecule has 0 bridgehead atoms. The fourth-order valence-electron chi connectivity index (χ4n) is 4.00. The lowest BCUT2D eigenvalue weighted by Gasteiger charge is -2.25. The number of carbonyl (C=O) groups is 1. The number of hydrogen-bond donors (Lipinski definition) is 3. The number of urea groups is 1. The van der Waals surface area contributed by atoms with Gasteiger partial charge in [-0.3, -0.25) is 0 Å². The van der Waals surface area contributed by atoms with Crippen molar-refractivity contribution in [3.63, 3.8) is 0 Å². The second kappa shape index (κ2) is 11.2. The lowest BCUT2D eigenvalue weighted by Crippen LogP contribution is -2.29. The Labute approximate surface area is 193 Å². The molecule has 0 aliphatic heterocycles. The number of anilines is 2. The number of rotatable bonds is 7. The summed E-state index contributed by atoms with van der Waals surface area (Å²) in [5, 5.41) is 10.1. The maximum Gasteiger partial charge on any atom is 0.323 e. The molecule has 30 heavy (non-hydrogen) atoms. The Morgan fingerprint density at radius 3 is 2.40 bits per heavy atom. The summed E-state index contributed by atoms with van der Waals surface area (Å²) in [5.41, 5.74) is 2.28. The summed E-state index contributed by atoms with van der Waals surface area (Å²) < 4.78 is 0. The predicted molar refractivity (Wildman–Crippen MR) is 128 cm³/mol. The fraction of sp³-hybridized carbons (Fsp3) is 0.435. The summed E-state index contributed by atoms with van der Waals surface area (Å²) in [6.45, 7) is 2.94. The average Bonchev–Trinajstić information content (AvgIpc) is 2.72. The van der Waals surface area contributed by atoms with Crippen molar-refractivity contribution in [3.8, 4) is 0 Å². The number of hydrogen-bond acceptors (Lipinski definition) is 2. The summed E-state index contributed by atoms with van der Waals surface area (Å²) in [4.78, 5) is 12.5. The minimum Gasteiger partial charge on any atom is -0.310 e. The SMILES string of the molecule is CC(CC1CCCCC1)NCc1ccccc1NC(=O)Nc1cc(Cl)c(Cl)c(Cl)c1. The van der Waals surface area contributed by atoms with Crippen LogP contribution < -0.4 is 16.0 Å². The molecule has 4 nitrogen and oxygen atoms in total. The molecule has 2 amide bonds. The molecule has 1 aliphatic rings. The molecule has 1 unspecified atom stereocenters. The number of para-hydroxylation sites is 1. The van der Waals surface area contributed by atoms with Gasteiger partial charge in [0.2, 0.25) is 0 Å². The molecule has 1 atom stereocenters. The van der Waals surface area contributed by atoms with E-state index in [0.717, 1.165) is 17.2 Å². The van der Waals surface area contributed by atoms with Gasteiger partial charge in [-0.05, 0) is 43.0 Å². The molecule has 7 heteroatoms. The molecule has 1 fully saturated rings. The van der Waals surface area contributed by atoms with Crippen LogP contribution in [0.5, 0.6) is 0 Å². The summed E-state index contributed by atoms with van der Waals surface area (Å²) in [6, 6.07) is 11.0. The van der Waals surface area contributed by atoms with E-state index in [2.05, 4.69) is 22.9 Å². The quantitative estimate of drug-likeness (QED) is 0.364. The molecule has 2 aromatic carbocycles. The van der Waals surface area contributed by atoms with Crippen molar-refractivity contribution in [2.75, 3.05) is 10.6 Å². The van der Waals surface area contributed by atoms with Crippen molar-refractivity contribution in [1.29, 1.82) is 0 Å². The smallest absolute Gasteiger partial charge is 0.310 e. The number of carbonyl (C=O) groups excluding carboxylic acids is 1. The second-order valence-corrected chi connectivity index (χ2v) is 9.20. The van der Waals surface area contributed by atoms with E-state index in [9.17, 15) is 4.79 Å². The van der Waals surface area contributed by atoms with Crippen LogP contribution >= 0.6 is 34.8 Å². The predicted octanol–water partition coefficient (Wildman–Crippen LogP) is 7.74. The van der Waals surface area contributed by atoms with Crippen LogP contribution in [0.4, 0.5) is 16.2 Å². The summed E-state index contributed by atoms with van der Waals surface area (Å²) in [7, 11) is 0. The largest absolute Gasteiger partial charge is 0.323 e. The van der Waals surface area contributed by atoms with Gasteiger partial charge in [0, 0.05) is 24.0 Å². The average molecular weight is 469 g/mol. The van der Waals surface area contributed by atoms with Gasteiger partial charge in [-0.1, -0.05) is 85.1 Å².